The standard InChI is InChI=1S/C15H24N2O3/c1-16-11-13-12-19-9-7-17(13)8-10-20-15-6-4-3-5-14(15)18-2/h3-6,13,16H,7-12H2,1-2H3. The van der Waals surface area contributed by atoms with Crippen molar-refractivity contribution in [3.8, 4) is 11.5 Å². The summed E-state index contributed by atoms with van der Waals surface area (Å²) in [5, 5.41) is 3.21. The third-order valence-electron chi connectivity index (χ3n) is 3.49. The lowest BCUT2D eigenvalue weighted by Gasteiger charge is -2.35. The molecule has 1 aliphatic rings. The number of methoxy groups -OCH3 is 1. The van der Waals surface area contributed by atoms with E-state index in [4.69, 9.17) is 14.2 Å². The molecule has 0 bridgehead atoms. The highest BCUT2D eigenvalue weighted by molar-refractivity contribution is 5.39. The molecule has 2 rings (SSSR count). The molecule has 1 unspecified atom stereocenters. The Hall–Kier alpha value is -1.30. The molecule has 1 atom stereocenters. The molecule has 1 saturated heterocycles. The first-order valence-corrected chi connectivity index (χ1v) is 7.07. The Labute approximate surface area is 120 Å². The summed E-state index contributed by atoms with van der Waals surface area (Å²) in [5.41, 5.74) is 0. The van der Waals surface area contributed by atoms with E-state index in [-0.39, 0.29) is 0 Å². The van der Waals surface area contributed by atoms with Crippen LogP contribution in [0.5, 0.6) is 11.5 Å². The summed E-state index contributed by atoms with van der Waals surface area (Å²) in [6.07, 6.45) is 0. The van der Waals surface area contributed by atoms with Crippen LogP contribution in [0.4, 0.5) is 0 Å². The summed E-state index contributed by atoms with van der Waals surface area (Å²) in [4.78, 5) is 2.41. The second kappa shape index (κ2) is 8.09. The van der Waals surface area contributed by atoms with Crippen molar-refractivity contribution in [3.05, 3.63) is 24.3 Å². The minimum absolute atomic E-state index is 0.426. The van der Waals surface area contributed by atoms with E-state index in [1.807, 2.05) is 31.3 Å². The quantitative estimate of drug-likeness (QED) is 0.807. The first kappa shape index (κ1) is 15.1. The molecule has 1 N–H and O–H groups in total. The molecular weight excluding hydrogens is 256 g/mol. The van der Waals surface area contributed by atoms with E-state index < -0.39 is 0 Å². The fourth-order valence-corrected chi connectivity index (χ4v) is 2.42. The zero-order valence-corrected chi connectivity index (χ0v) is 12.3. The molecule has 5 heteroatoms. The van der Waals surface area contributed by atoms with Crippen molar-refractivity contribution >= 4 is 0 Å². The van der Waals surface area contributed by atoms with Crippen molar-refractivity contribution in [2.45, 2.75) is 6.04 Å². The average molecular weight is 280 g/mol. The van der Waals surface area contributed by atoms with Gasteiger partial charge in [-0.2, -0.15) is 0 Å². The van der Waals surface area contributed by atoms with Crippen molar-refractivity contribution in [1.29, 1.82) is 0 Å². The predicted molar refractivity (Wildman–Crippen MR) is 78.6 cm³/mol. The highest BCUT2D eigenvalue weighted by atomic mass is 16.5. The molecule has 20 heavy (non-hydrogen) atoms. The van der Waals surface area contributed by atoms with E-state index in [1.54, 1.807) is 7.11 Å². The van der Waals surface area contributed by atoms with Crippen LogP contribution in [-0.2, 0) is 4.74 Å². The second-order valence-corrected chi connectivity index (χ2v) is 4.82. The molecule has 112 valence electrons. The summed E-state index contributed by atoms with van der Waals surface area (Å²) in [7, 11) is 3.63. The van der Waals surface area contributed by atoms with Crippen molar-refractivity contribution in [2.24, 2.45) is 0 Å². The lowest BCUT2D eigenvalue weighted by atomic mass is 10.2. The Balaban J connectivity index is 1.82. The molecular formula is C15H24N2O3. The zero-order chi connectivity index (χ0) is 14.2. The second-order valence-electron chi connectivity index (χ2n) is 4.82. The van der Waals surface area contributed by atoms with Gasteiger partial charge < -0.3 is 19.5 Å². The molecule has 1 aromatic rings. The van der Waals surface area contributed by atoms with Crippen molar-refractivity contribution in [2.75, 3.05) is 53.6 Å². The van der Waals surface area contributed by atoms with Crippen LogP contribution in [0.15, 0.2) is 24.3 Å². The summed E-state index contributed by atoms with van der Waals surface area (Å²) in [5.74, 6) is 1.58. The number of benzene rings is 1. The summed E-state index contributed by atoms with van der Waals surface area (Å²) >= 11 is 0. The molecule has 1 fully saturated rings. The number of nitrogens with zero attached hydrogens (tertiary/aromatic N) is 1. The molecule has 0 aromatic heterocycles. The number of hydrogen-bond acceptors (Lipinski definition) is 5. The van der Waals surface area contributed by atoms with Gasteiger partial charge in [-0.15, -0.1) is 0 Å². The fourth-order valence-electron chi connectivity index (χ4n) is 2.42. The number of para-hydroxylation sites is 2. The number of nitrogens with one attached hydrogen (secondary N) is 1. The fraction of sp³-hybridized carbons (Fsp3) is 0.600. The van der Waals surface area contributed by atoms with Gasteiger partial charge in [0.1, 0.15) is 6.61 Å². The van der Waals surface area contributed by atoms with Gasteiger partial charge in [0, 0.05) is 25.7 Å². The zero-order valence-electron chi connectivity index (χ0n) is 12.3. The van der Waals surface area contributed by atoms with E-state index >= 15 is 0 Å². The van der Waals surface area contributed by atoms with Crippen LogP contribution in [0, 0.1) is 0 Å². The first-order chi connectivity index (χ1) is 9.85. The summed E-state index contributed by atoms with van der Waals surface area (Å²) < 4.78 is 16.6. The van der Waals surface area contributed by atoms with Crippen LogP contribution in [0.3, 0.4) is 0 Å². The van der Waals surface area contributed by atoms with Gasteiger partial charge in [-0.3, -0.25) is 4.90 Å². The minimum atomic E-state index is 0.426. The topological polar surface area (TPSA) is 43.0 Å². The molecule has 0 spiro atoms. The lowest BCUT2D eigenvalue weighted by Crippen LogP contribution is -2.51. The van der Waals surface area contributed by atoms with Crippen LogP contribution in [0.2, 0.25) is 0 Å². The third-order valence-corrected chi connectivity index (χ3v) is 3.49. The molecule has 0 saturated carbocycles. The highest BCUT2D eigenvalue weighted by Gasteiger charge is 2.21. The molecule has 1 aromatic carbocycles. The van der Waals surface area contributed by atoms with Crippen molar-refractivity contribution in [3.63, 3.8) is 0 Å². The minimum Gasteiger partial charge on any atom is -0.493 e. The number of hydrogen-bond donors (Lipinski definition) is 1. The van der Waals surface area contributed by atoms with Crippen molar-refractivity contribution < 1.29 is 14.2 Å². The van der Waals surface area contributed by atoms with Crippen LogP contribution >= 0.6 is 0 Å². The van der Waals surface area contributed by atoms with Crippen LogP contribution in [0.25, 0.3) is 0 Å². The Bertz CT molecular complexity index is 398. The average Bonchev–Trinajstić information content (AvgIpc) is 2.50. The summed E-state index contributed by atoms with van der Waals surface area (Å²) in [6, 6.07) is 8.17. The Morgan fingerprint density at radius 3 is 2.90 bits per heavy atom. The van der Waals surface area contributed by atoms with E-state index in [2.05, 4.69) is 10.2 Å². The Morgan fingerprint density at radius 2 is 2.15 bits per heavy atom. The molecule has 1 aliphatic heterocycles. The largest absolute Gasteiger partial charge is 0.493 e. The van der Waals surface area contributed by atoms with Crippen LogP contribution in [-0.4, -0.2) is 64.6 Å². The number of ether oxygens (including phenoxy) is 3. The van der Waals surface area contributed by atoms with Crippen LogP contribution in [0.1, 0.15) is 0 Å². The van der Waals surface area contributed by atoms with Crippen molar-refractivity contribution in [1.82, 2.24) is 10.2 Å². The van der Waals surface area contributed by atoms with Gasteiger partial charge >= 0.3 is 0 Å². The smallest absolute Gasteiger partial charge is 0.161 e. The first-order valence-electron chi connectivity index (χ1n) is 7.07. The van der Waals surface area contributed by atoms with E-state index in [9.17, 15) is 0 Å². The Kier molecular flexibility index (Phi) is 6.11. The molecule has 0 radical (unpaired) electrons. The number of morpholine rings is 1. The maximum Gasteiger partial charge on any atom is 0.161 e. The monoisotopic (exact) mass is 280 g/mol. The third kappa shape index (κ3) is 4.10. The van der Waals surface area contributed by atoms with Gasteiger partial charge in [0.25, 0.3) is 0 Å². The maximum atomic E-state index is 5.83. The maximum absolute atomic E-state index is 5.83. The van der Waals surface area contributed by atoms with Gasteiger partial charge in [0.15, 0.2) is 11.5 Å². The van der Waals surface area contributed by atoms with Gasteiger partial charge in [-0.1, -0.05) is 12.1 Å². The van der Waals surface area contributed by atoms with Gasteiger partial charge in [-0.25, -0.2) is 0 Å². The van der Waals surface area contributed by atoms with E-state index in [0.29, 0.717) is 12.6 Å². The van der Waals surface area contributed by atoms with Gasteiger partial charge in [0.05, 0.1) is 20.3 Å². The van der Waals surface area contributed by atoms with E-state index in [1.165, 1.54) is 0 Å². The highest BCUT2D eigenvalue weighted by Crippen LogP contribution is 2.25. The molecule has 0 aliphatic carbocycles. The summed E-state index contributed by atoms with van der Waals surface area (Å²) in [6.45, 7) is 5.04. The number of likely N-dealkylation sites (N-methyl/N-ethyl adjacent to an activating group) is 1. The van der Waals surface area contributed by atoms with Gasteiger partial charge in [-0.05, 0) is 19.2 Å². The Morgan fingerprint density at radius 1 is 1.35 bits per heavy atom. The van der Waals surface area contributed by atoms with Gasteiger partial charge in [0.2, 0.25) is 0 Å². The molecule has 0 amide bonds. The van der Waals surface area contributed by atoms with E-state index in [0.717, 1.165) is 44.3 Å². The molecule has 5 nitrogen and oxygen atoms in total. The van der Waals surface area contributed by atoms with Crippen LogP contribution < -0.4 is 14.8 Å². The molecule has 1 heterocycles. The lowest BCUT2D eigenvalue weighted by molar-refractivity contribution is -0.0110. The number of rotatable bonds is 7. The SMILES string of the molecule is CNCC1COCCN1CCOc1ccccc1OC. The predicted octanol–water partition coefficient (Wildman–Crippen LogP) is 0.994. The normalized spacial score (nSPS) is 19.8.